The van der Waals surface area contributed by atoms with Crippen molar-refractivity contribution in [2.24, 2.45) is 11.8 Å². The van der Waals surface area contributed by atoms with Crippen LogP contribution in [0.15, 0.2) is 34.8 Å². The zero-order valence-electron chi connectivity index (χ0n) is 12.8. The maximum atomic E-state index is 12.3. The summed E-state index contributed by atoms with van der Waals surface area (Å²) in [5, 5.41) is 9.18. The van der Waals surface area contributed by atoms with Crippen LogP contribution in [0.2, 0.25) is 0 Å². The number of ether oxygens (including phenoxy) is 2. The number of carbonyl (C=O) groups excluding carboxylic acids is 2. The van der Waals surface area contributed by atoms with Gasteiger partial charge in [0, 0.05) is 10.4 Å². The van der Waals surface area contributed by atoms with Gasteiger partial charge in [0.2, 0.25) is 0 Å². The molecular weight excluding hydrogens is 362 g/mol. The van der Waals surface area contributed by atoms with E-state index in [0.717, 1.165) is 5.56 Å². The Balaban J connectivity index is 2.48. The molecule has 0 fully saturated rings. The molecular formula is C17H16BrNO4. The van der Waals surface area contributed by atoms with Crippen LogP contribution in [0.4, 0.5) is 0 Å². The van der Waals surface area contributed by atoms with Gasteiger partial charge in [0.15, 0.2) is 0 Å². The number of hydrogen-bond acceptors (Lipinski definition) is 5. The Kier molecular flexibility index (Phi) is 5.56. The van der Waals surface area contributed by atoms with E-state index in [0.29, 0.717) is 16.5 Å². The monoisotopic (exact) mass is 377 g/mol. The van der Waals surface area contributed by atoms with Gasteiger partial charge in [-0.2, -0.15) is 5.26 Å². The largest absolute Gasteiger partial charge is 0.469 e. The Morgan fingerprint density at radius 1 is 1.26 bits per heavy atom. The number of allylic oxidation sites excluding steroid dienone is 2. The van der Waals surface area contributed by atoms with E-state index in [2.05, 4.69) is 22.0 Å². The van der Waals surface area contributed by atoms with Crippen LogP contribution in [0.25, 0.3) is 0 Å². The number of halogens is 1. The topological polar surface area (TPSA) is 76.4 Å². The van der Waals surface area contributed by atoms with Gasteiger partial charge in [0.05, 0.1) is 31.6 Å². The van der Waals surface area contributed by atoms with Crippen molar-refractivity contribution in [2.75, 3.05) is 14.2 Å². The third-order valence-corrected chi connectivity index (χ3v) is 4.72. The molecule has 0 aliphatic heterocycles. The minimum Gasteiger partial charge on any atom is -0.469 e. The number of rotatable bonds is 3. The molecule has 120 valence electrons. The van der Waals surface area contributed by atoms with Gasteiger partial charge >= 0.3 is 11.9 Å². The molecule has 3 atom stereocenters. The molecule has 1 aliphatic rings. The number of nitriles is 1. The van der Waals surface area contributed by atoms with Crippen molar-refractivity contribution in [3.63, 3.8) is 0 Å². The molecule has 2 rings (SSSR count). The minimum absolute atomic E-state index is 0.347. The van der Waals surface area contributed by atoms with Gasteiger partial charge in [0.25, 0.3) is 0 Å². The van der Waals surface area contributed by atoms with Gasteiger partial charge in [-0.25, -0.2) is 0 Å². The number of carbonyl (C=O) groups is 2. The summed E-state index contributed by atoms with van der Waals surface area (Å²) in [6, 6.07) is 7.41. The first kappa shape index (κ1) is 17.2. The molecule has 0 aromatic heterocycles. The maximum absolute atomic E-state index is 12.3. The lowest BCUT2D eigenvalue weighted by Gasteiger charge is -2.31. The van der Waals surface area contributed by atoms with Crippen molar-refractivity contribution in [3.05, 3.63) is 46.0 Å². The number of hydrogen-bond donors (Lipinski definition) is 0. The average Bonchev–Trinajstić information content (AvgIpc) is 2.60. The number of esters is 2. The SMILES string of the molecule is COC(=O)[C@H]1[C@H](C(=O)OC)CC=C[C@H]1c1ccc(Br)c(C#N)c1. The number of benzene rings is 1. The third-order valence-electron chi connectivity index (χ3n) is 4.03. The van der Waals surface area contributed by atoms with Crippen LogP contribution in [0.5, 0.6) is 0 Å². The molecule has 0 saturated carbocycles. The predicted octanol–water partition coefficient (Wildman–Crippen LogP) is 2.94. The second kappa shape index (κ2) is 7.42. The van der Waals surface area contributed by atoms with Crippen LogP contribution in [-0.4, -0.2) is 26.2 Å². The van der Waals surface area contributed by atoms with Crippen molar-refractivity contribution in [2.45, 2.75) is 12.3 Å². The first-order valence-corrected chi connectivity index (χ1v) is 7.84. The smallest absolute Gasteiger partial charge is 0.310 e. The van der Waals surface area contributed by atoms with Crippen molar-refractivity contribution >= 4 is 27.9 Å². The lowest BCUT2D eigenvalue weighted by atomic mass is 9.72. The van der Waals surface area contributed by atoms with E-state index >= 15 is 0 Å². The molecule has 6 heteroatoms. The highest BCUT2D eigenvalue weighted by atomic mass is 79.9. The first-order valence-electron chi connectivity index (χ1n) is 7.05. The Bertz CT molecular complexity index is 692. The molecule has 0 amide bonds. The summed E-state index contributed by atoms with van der Waals surface area (Å²) in [6.07, 6.45) is 4.16. The Morgan fingerprint density at radius 3 is 2.57 bits per heavy atom. The molecule has 0 spiro atoms. The average molecular weight is 378 g/mol. The van der Waals surface area contributed by atoms with Crippen LogP contribution in [0, 0.1) is 23.2 Å². The highest BCUT2D eigenvalue weighted by Gasteiger charge is 2.42. The van der Waals surface area contributed by atoms with Gasteiger partial charge in [-0.3, -0.25) is 9.59 Å². The van der Waals surface area contributed by atoms with E-state index < -0.39 is 23.8 Å². The standard InChI is InChI=1S/C17H16BrNO4/c1-22-16(20)13-5-3-4-12(15(13)17(21)23-2)10-6-7-14(18)11(8-10)9-19/h3-4,6-8,12-13,15H,5H2,1-2H3/t12-,13+,15+/m0/s1. The molecule has 0 saturated heterocycles. The van der Waals surface area contributed by atoms with E-state index in [1.165, 1.54) is 14.2 Å². The summed E-state index contributed by atoms with van der Waals surface area (Å²) < 4.78 is 10.4. The highest BCUT2D eigenvalue weighted by Crippen LogP contribution is 2.39. The molecule has 0 N–H and O–H groups in total. The lowest BCUT2D eigenvalue weighted by Crippen LogP contribution is -2.37. The minimum atomic E-state index is -0.676. The molecule has 0 radical (unpaired) electrons. The summed E-state index contributed by atoms with van der Waals surface area (Å²) in [6.45, 7) is 0. The van der Waals surface area contributed by atoms with Crippen LogP contribution in [-0.2, 0) is 19.1 Å². The lowest BCUT2D eigenvalue weighted by molar-refractivity contribution is -0.158. The van der Waals surface area contributed by atoms with Crippen molar-refractivity contribution in [1.82, 2.24) is 0 Å². The zero-order valence-corrected chi connectivity index (χ0v) is 14.4. The Labute approximate surface area is 143 Å². The molecule has 1 aliphatic carbocycles. The van der Waals surface area contributed by atoms with E-state index in [1.54, 1.807) is 12.1 Å². The van der Waals surface area contributed by atoms with E-state index in [4.69, 9.17) is 9.47 Å². The third kappa shape index (κ3) is 3.45. The van der Waals surface area contributed by atoms with Crippen LogP contribution >= 0.6 is 15.9 Å². The number of methoxy groups -OCH3 is 2. The number of nitrogens with zero attached hydrogens (tertiary/aromatic N) is 1. The molecule has 0 bridgehead atoms. The molecule has 1 aromatic rings. The van der Waals surface area contributed by atoms with Crippen LogP contribution in [0.3, 0.4) is 0 Å². The Hall–Kier alpha value is -2.13. The molecule has 1 aromatic carbocycles. The second-order valence-electron chi connectivity index (χ2n) is 5.22. The van der Waals surface area contributed by atoms with Gasteiger partial charge in [-0.1, -0.05) is 18.2 Å². The fourth-order valence-electron chi connectivity index (χ4n) is 2.88. The highest BCUT2D eigenvalue weighted by molar-refractivity contribution is 9.10. The van der Waals surface area contributed by atoms with Gasteiger partial charge in [-0.15, -0.1) is 0 Å². The van der Waals surface area contributed by atoms with Gasteiger partial charge < -0.3 is 9.47 Å². The summed E-state index contributed by atoms with van der Waals surface area (Å²) >= 11 is 3.31. The summed E-state index contributed by atoms with van der Waals surface area (Å²) in [7, 11) is 2.60. The zero-order chi connectivity index (χ0) is 17.0. The second-order valence-corrected chi connectivity index (χ2v) is 6.07. The van der Waals surface area contributed by atoms with Crippen LogP contribution < -0.4 is 0 Å². The van der Waals surface area contributed by atoms with Crippen molar-refractivity contribution in [1.29, 1.82) is 5.26 Å². The maximum Gasteiger partial charge on any atom is 0.310 e. The fraction of sp³-hybridized carbons (Fsp3) is 0.353. The van der Waals surface area contributed by atoms with Crippen molar-refractivity contribution < 1.29 is 19.1 Å². The quantitative estimate of drug-likeness (QED) is 0.597. The fourth-order valence-corrected chi connectivity index (χ4v) is 3.22. The Morgan fingerprint density at radius 2 is 1.96 bits per heavy atom. The van der Waals surface area contributed by atoms with Crippen molar-refractivity contribution in [3.8, 4) is 6.07 Å². The molecule has 0 unspecified atom stereocenters. The normalized spacial score (nSPS) is 23.0. The van der Waals surface area contributed by atoms with E-state index in [-0.39, 0.29) is 5.92 Å². The van der Waals surface area contributed by atoms with Crippen LogP contribution in [0.1, 0.15) is 23.5 Å². The van der Waals surface area contributed by atoms with E-state index in [1.807, 2.05) is 18.2 Å². The first-order chi connectivity index (χ1) is 11.0. The van der Waals surface area contributed by atoms with E-state index in [9.17, 15) is 14.9 Å². The summed E-state index contributed by atoms with van der Waals surface area (Å²) in [4.78, 5) is 24.3. The van der Waals surface area contributed by atoms with Gasteiger partial charge in [-0.05, 0) is 40.0 Å². The molecule has 0 heterocycles. The van der Waals surface area contributed by atoms with Gasteiger partial charge in [0.1, 0.15) is 6.07 Å². The predicted molar refractivity (Wildman–Crippen MR) is 86.4 cm³/mol. The molecule has 23 heavy (non-hydrogen) atoms. The summed E-state index contributed by atoms with van der Waals surface area (Å²) in [5.41, 5.74) is 1.25. The summed E-state index contributed by atoms with van der Waals surface area (Å²) in [5.74, 6) is -2.52. The molecule has 5 nitrogen and oxygen atoms in total.